The fraction of sp³-hybridized carbons (Fsp3) is 0.917. The van der Waals surface area contributed by atoms with Crippen LogP contribution in [0.1, 0.15) is 26.2 Å². The molecule has 7 heteroatoms. The van der Waals surface area contributed by atoms with E-state index in [1.165, 1.54) is 0 Å². The lowest BCUT2D eigenvalue weighted by Gasteiger charge is -2.16. The number of aliphatic hydroxyl groups is 1. The Hall–Kier alpha value is -0.790. The van der Waals surface area contributed by atoms with Crippen LogP contribution in [0.2, 0.25) is 0 Å². The predicted octanol–water partition coefficient (Wildman–Crippen LogP) is 1.38. The third-order valence-corrected chi connectivity index (χ3v) is 2.10. The van der Waals surface area contributed by atoms with Crippen molar-refractivity contribution in [3.63, 3.8) is 0 Å². The molecule has 0 radical (unpaired) electrons. The molecule has 0 aliphatic carbocycles. The van der Waals surface area contributed by atoms with Crippen molar-refractivity contribution in [3.8, 4) is 0 Å². The van der Waals surface area contributed by atoms with Gasteiger partial charge in [-0.15, -0.1) is 0 Å². The monoisotopic (exact) mass is 284 g/mol. The molecule has 0 atom stereocenters. The van der Waals surface area contributed by atoms with E-state index in [0.717, 1.165) is 6.42 Å². The van der Waals surface area contributed by atoms with Gasteiger partial charge in [0.15, 0.2) is 0 Å². The average molecular weight is 284 g/mol. The van der Waals surface area contributed by atoms with Crippen LogP contribution < -0.4 is 0 Å². The lowest BCUT2D eigenvalue weighted by atomic mass is 10.2. The van der Waals surface area contributed by atoms with Gasteiger partial charge in [-0.25, -0.2) is 13.6 Å². The van der Waals surface area contributed by atoms with Crippen molar-refractivity contribution in [2.24, 2.45) is 0 Å². The maximum absolute atomic E-state index is 13.2. The molecule has 0 amide bonds. The van der Waals surface area contributed by atoms with Crippen molar-refractivity contribution in [2.45, 2.75) is 32.1 Å². The minimum absolute atomic E-state index is 0.0951. The Morgan fingerprint density at radius 2 is 1.84 bits per heavy atom. The largest absolute Gasteiger partial charge is 0.464 e. The van der Waals surface area contributed by atoms with Crippen molar-refractivity contribution in [3.05, 3.63) is 0 Å². The second kappa shape index (κ2) is 11.1. The third kappa shape index (κ3) is 12.0. The number of hydrogen-bond acceptors (Lipinski definition) is 5. The van der Waals surface area contributed by atoms with E-state index in [4.69, 9.17) is 9.84 Å². The summed E-state index contributed by atoms with van der Waals surface area (Å²) in [4.78, 5) is 10.8. The molecule has 0 aromatic rings. The van der Waals surface area contributed by atoms with Crippen LogP contribution in [0.5, 0.6) is 0 Å². The lowest BCUT2D eigenvalue weighted by Crippen LogP contribution is -2.31. The van der Waals surface area contributed by atoms with Crippen LogP contribution in [-0.4, -0.2) is 56.6 Å². The minimum atomic E-state index is -3.12. The first-order chi connectivity index (χ1) is 9.02. The Labute approximate surface area is 111 Å². The molecule has 0 saturated carbocycles. The Morgan fingerprint density at radius 1 is 1.16 bits per heavy atom. The molecule has 5 nitrogen and oxygen atoms in total. The van der Waals surface area contributed by atoms with Gasteiger partial charge in [-0.2, -0.15) is 0 Å². The standard InChI is InChI=1S/C12H22F2O5/c1-2-19-11(16)8-18-10-12(13,14)9-17-7-5-3-4-6-15/h15H,2-10H2,1H3. The van der Waals surface area contributed by atoms with Gasteiger partial charge >= 0.3 is 5.97 Å². The number of halogens is 2. The van der Waals surface area contributed by atoms with Crippen molar-refractivity contribution in [2.75, 3.05) is 39.6 Å². The highest BCUT2D eigenvalue weighted by Crippen LogP contribution is 2.14. The van der Waals surface area contributed by atoms with Crippen molar-refractivity contribution >= 4 is 5.97 Å². The highest BCUT2D eigenvalue weighted by Gasteiger charge is 2.30. The Bertz CT molecular complexity index is 236. The predicted molar refractivity (Wildman–Crippen MR) is 64.2 cm³/mol. The molecule has 0 aliphatic heterocycles. The van der Waals surface area contributed by atoms with Gasteiger partial charge in [0.1, 0.15) is 19.8 Å². The van der Waals surface area contributed by atoms with Gasteiger partial charge in [-0.3, -0.25) is 0 Å². The lowest BCUT2D eigenvalue weighted by molar-refractivity contribution is -0.157. The molecule has 1 N–H and O–H groups in total. The van der Waals surface area contributed by atoms with Gasteiger partial charge in [-0.05, 0) is 26.2 Å². The molecular formula is C12H22F2O5. The maximum atomic E-state index is 13.2. The van der Waals surface area contributed by atoms with E-state index in [1.54, 1.807) is 6.92 Å². The first-order valence-electron chi connectivity index (χ1n) is 6.31. The van der Waals surface area contributed by atoms with Crippen LogP contribution >= 0.6 is 0 Å². The third-order valence-electron chi connectivity index (χ3n) is 2.10. The van der Waals surface area contributed by atoms with Gasteiger partial charge in [0, 0.05) is 13.2 Å². The number of hydrogen-bond donors (Lipinski definition) is 1. The maximum Gasteiger partial charge on any atom is 0.332 e. The Morgan fingerprint density at radius 3 is 2.47 bits per heavy atom. The zero-order valence-corrected chi connectivity index (χ0v) is 11.2. The van der Waals surface area contributed by atoms with Crippen LogP contribution in [0, 0.1) is 0 Å². The van der Waals surface area contributed by atoms with Gasteiger partial charge in [0.05, 0.1) is 6.61 Å². The van der Waals surface area contributed by atoms with Crippen molar-refractivity contribution in [1.29, 1.82) is 0 Å². The molecule has 0 aromatic heterocycles. The number of rotatable bonds is 12. The van der Waals surface area contributed by atoms with Crippen LogP contribution in [0.25, 0.3) is 0 Å². The van der Waals surface area contributed by atoms with E-state index in [0.29, 0.717) is 12.8 Å². The van der Waals surface area contributed by atoms with E-state index >= 15 is 0 Å². The zero-order chi connectivity index (χ0) is 14.6. The van der Waals surface area contributed by atoms with Crippen molar-refractivity contribution < 1.29 is 32.9 Å². The number of esters is 1. The molecule has 0 aliphatic rings. The molecule has 0 saturated heterocycles. The smallest absolute Gasteiger partial charge is 0.332 e. The van der Waals surface area contributed by atoms with Gasteiger partial charge < -0.3 is 19.3 Å². The quantitative estimate of drug-likeness (QED) is 0.433. The topological polar surface area (TPSA) is 65.0 Å². The van der Waals surface area contributed by atoms with E-state index in [2.05, 4.69) is 9.47 Å². The van der Waals surface area contributed by atoms with Crippen LogP contribution in [0.15, 0.2) is 0 Å². The fourth-order valence-corrected chi connectivity index (χ4v) is 1.24. The molecule has 0 unspecified atom stereocenters. The summed E-state index contributed by atoms with van der Waals surface area (Å²) in [6.45, 7) is 0.0231. The van der Waals surface area contributed by atoms with E-state index in [9.17, 15) is 13.6 Å². The van der Waals surface area contributed by atoms with E-state index < -0.39 is 31.7 Å². The number of ether oxygens (including phenoxy) is 3. The average Bonchev–Trinajstić information content (AvgIpc) is 2.33. The van der Waals surface area contributed by atoms with Gasteiger partial charge in [-0.1, -0.05) is 0 Å². The molecule has 0 aromatic carbocycles. The number of aliphatic hydroxyl groups excluding tert-OH is 1. The molecule has 0 fully saturated rings. The molecule has 0 heterocycles. The Kier molecular flexibility index (Phi) is 10.6. The molecule has 19 heavy (non-hydrogen) atoms. The van der Waals surface area contributed by atoms with Crippen LogP contribution in [0.3, 0.4) is 0 Å². The van der Waals surface area contributed by atoms with E-state index in [1.807, 2.05) is 0 Å². The number of unbranched alkanes of at least 4 members (excludes halogenated alkanes) is 2. The highest BCUT2D eigenvalue weighted by molar-refractivity contribution is 5.70. The summed E-state index contributed by atoms with van der Waals surface area (Å²) in [5, 5.41) is 8.52. The summed E-state index contributed by atoms with van der Waals surface area (Å²) in [5.41, 5.74) is 0. The molecular weight excluding hydrogens is 262 g/mol. The molecule has 0 rings (SSSR count). The second-order valence-electron chi connectivity index (χ2n) is 3.99. The van der Waals surface area contributed by atoms with Crippen LogP contribution in [0.4, 0.5) is 8.78 Å². The first kappa shape index (κ1) is 18.2. The van der Waals surface area contributed by atoms with Gasteiger partial charge in [0.25, 0.3) is 5.92 Å². The first-order valence-corrected chi connectivity index (χ1v) is 6.31. The molecule has 114 valence electrons. The normalized spacial score (nSPS) is 11.6. The SMILES string of the molecule is CCOC(=O)COCC(F)(F)COCCCCCO. The summed E-state index contributed by atoms with van der Waals surface area (Å²) < 4.78 is 40.3. The van der Waals surface area contributed by atoms with Crippen molar-refractivity contribution in [1.82, 2.24) is 0 Å². The number of alkyl halides is 2. The number of carbonyl (C=O) groups is 1. The summed E-state index contributed by atoms with van der Waals surface area (Å²) in [5.74, 6) is -3.79. The summed E-state index contributed by atoms with van der Waals surface area (Å²) >= 11 is 0. The molecule has 0 spiro atoms. The summed E-state index contributed by atoms with van der Waals surface area (Å²) in [7, 11) is 0. The minimum Gasteiger partial charge on any atom is -0.464 e. The summed E-state index contributed by atoms with van der Waals surface area (Å²) in [6.07, 6.45) is 2.00. The summed E-state index contributed by atoms with van der Waals surface area (Å²) in [6, 6.07) is 0. The fourth-order valence-electron chi connectivity index (χ4n) is 1.24. The van der Waals surface area contributed by atoms with E-state index in [-0.39, 0.29) is 19.8 Å². The number of carbonyl (C=O) groups excluding carboxylic acids is 1. The van der Waals surface area contributed by atoms with Gasteiger partial charge in [0.2, 0.25) is 0 Å². The highest BCUT2D eigenvalue weighted by atomic mass is 19.3. The second-order valence-corrected chi connectivity index (χ2v) is 3.99. The van der Waals surface area contributed by atoms with Crippen LogP contribution in [-0.2, 0) is 19.0 Å². The Balaban J connectivity index is 3.54. The zero-order valence-electron chi connectivity index (χ0n) is 11.2. The molecule has 0 bridgehead atoms.